The summed E-state index contributed by atoms with van der Waals surface area (Å²) in [6.07, 6.45) is -2.63. The fraction of sp³-hybridized carbons (Fsp3) is 0.250. The minimum Gasteiger partial charge on any atom is -0.459 e. The van der Waals surface area contributed by atoms with Crippen LogP contribution in [0.5, 0.6) is 5.75 Å². The van der Waals surface area contributed by atoms with Gasteiger partial charge in [0, 0.05) is 0 Å². The first-order valence-electron chi connectivity index (χ1n) is 7.05. The topological polar surface area (TPSA) is 82.1 Å². The Hall–Kier alpha value is -2.00. The molecule has 0 aromatic heterocycles. The van der Waals surface area contributed by atoms with Crippen molar-refractivity contribution < 1.29 is 31.9 Å². The molecule has 0 unspecified atom stereocenters. The van der Waals surface area contributed by atoms with E-state index in [4.69, 9.17) is 9.62 Å². The highest BCUT2D eigenvalue weighted by molar-refractivity contribution is 7.86. The predicted molar refractivity (Wildman–Crippen MR) is 83.0 cm³/mol. The molecule has 8 heteroatoms. The van der Waals surface area contributed by atoms with Crippen LogP contribution in [-0.4, -0.2) is 25.9 Å². The van der Waals surface area contributed by atoms with Crippen molar-refractivity contribution in [2.24, 2.45) is 0 Å². The molecule has 6 nitrogen and oxygen atoms in total. The second-order valence-electron chi connectivity index (χ2n) is 5.11. The van der Waals surface area contributed by atoms with Gasteiger partial charge in [0.05, 0.1) is 4.90 Å². The van der Waals surface area contributed by atoms with E-state index in [1.807, 2.05) is 6.92 Å². The van der Waals surface area contributed by atoms with Crippen molar-refractivity contribution in [3.63, 3.8) is 0 Å². The Balaban J connectivity index is 2.05. The lowest BCUT2D eigenvalue weighted by Gasteiger charge is -2.20. The highest BCUT2D eigenvalue weighted by Crippen LogP contribution is 2.18. The van der Waals surface area contributed by atoms with E-state index in [1.165, 1.54) is 31.2 Å². The van der Waals surface area contributed by atoms with Gasteiger partial charge in [0.25, 0.3) is 6.29 Å². The van der Waals surface area contributed by atoms with Gasteiger partial charge in [-0.1, -0.05) is 22.0 Å². The van der Waals surface area contributed by atoms with E-state index in [0.717, 1.165) is 17.7 Å². The number of benzene rings is 2. The SMILES string of the molecule is Cc1ccc(S(=O)(=O)OO[C@@H](Oc2ccc(F)cc2)[C@@H](C)O)cc1. The van der Waals surface area contributed by atoms with E-state index in [0.29, 0.717) is 0 Å². The molecule has 2 aromatic carbocycles. The molecule has 0 aliphatic heterocycles. The van der Waals surface area contributed by atoms with Crippen molar-refractivity contribution in [1.29, 1.82) is 0 Å². The standard InChI is InChI=1S/C16H17FO6S/c1-11-3-9-15(10-4-11)24(19,20)23-22-16(12(2)18)21-14-7-5-13(17)6-8-14/h3-10,12,16,18H,1-2H3/t12-,16-/m1/s1. The van der Waals surface area contributed by atoms with Crippen molar-refractivity contribution in [2.45, 2.75) is 31.1 Å². The van der Waals surface area contributed by atoms with Gasteiger partial charge in [-0.25, -0.2) is 4.39 Å². The predicted octanol–water partition coefficient (Wildman–Crippen LogP) is 2.56. The van der Waals surface area contributed by atoms with Gasteiger partial charge in [0.2, 0.25) is 0 Å². The van der Waals surface area contributed by atoms with E-state index >= 15 is 0 Å². The molecule has 2 aromatic rings. The van der Waals surface area contributed by atoms with Crippen LogP contribution in [0.2, 0.25) is 0 Å². The first-order chi connectivity index (χ1) is 11.3. The first kappa shape index (κ1) is 18.3. The molecule has 0 heterocycles. The van der Waals surface area contributed by atoms with Crippen LogP contribution >= 0.6 is 0 Å². The summed E-state index contributed by atoms with van der Waals surface area (Å²) in [7, 11) is -4.18. The summed E-state index contributed by atoms with van der Waals surface area (Å²) >= 11 is 0. The molecule has 24 heavy (non-hydrogen) atoms. The second kappa shape index (κ2) is 7.71. The zero-order valence-electron chi connectivity index (χ0n) is 13.0. The lowest BCUT2D eigenvalue weighted by atomic mass is 10.2. The number of rotatable bonds is 7. The lowest BCUT2D eigenvalue weighted by Crippen LogP contribution is -2.33. The molecule has 0 saturated heterocycles. The number of ether oxygens (including phenoxy) is 1. The summed E-state index contributed by atoms with van der Waals surface area (Å²) in [5.41, 5.74) is 0.886. The Labute approximate surface area is 139 Å². The van der Waals surface area contributed by atoms with Gasteiger partial charge in [-0.2, -0.15) is 13.3 Å². The van der Waals surface area contributed by atoms with E-state index in [2.05, 4.69) is 4.33 Å². The summed E-state index contributed by atoms with van der Waals surface area (Å²) in [6, 6.07) is 10.9. The van der Waals surface area contributed by atoms with E-state index in [-0.39, 0.29) is 10.6 Å². The Morgan fingerprint density at radius 2 is 1.62 bits per heavy atom. The molecule has 0 amide bonds. The van der Waals surface area contributed by atoms with Crippen molar-refractivity contribution in [2.75, 3.05) is 0 Å². The van der Waals surface area contributed by atoms with Crippen molar-refractivity contribution in [1.82, 2.24) is 0 Å². The highest BCUT2D eigenvalue weighted by Gasteiger charge is 2.24. The molecule has 0 spiro atoms. The normalized spacial score (nSPS) is 14.2. The van der Waals surface area contributed by atoms with Crippen LogP contribution in [0.25, 0.3) is 0 Å². The minimum absolute atomic E-state index is 0.0979. The molecular formula is C16H17FO6S. The third kappa shape index (κ3) is 5.00. The molecule has 0 saturated carbocycles. The maximum absolute atomic E-state index is 12.9. The van der Waals surface area contributed by atoms with Gasteiger partial charge < -0.3 is 9.84 Å². The molecule has 0 aliphatic carbocycles. The molecule has 130 valence electrons. The Kier molecular flexibility index (Phi) is 5.89. The molecule has 0 radical (unpaired) electrons. The van der Waals surface area contributed by atoms with E-state index < -0.39 is 28.3 Å². The van der Waals surface area contributed by atoms with Crippen LogP contribution in [-0.2, 0) is 19.3 Å². The van der Waals surface area contributed by atoms with Crippen molar-refractivity contribution >= 4 is 10.1 Å². The quantitative estimate of drug-likeness (QED) is 0.466. The summed E-state index contributed by atoms with van der Waals surface area (Å²) in [6.45, 7) is 3.14. The summed E-state index contributed by atoms with van der Waals surface area (Å²) < 4.78 is 46.7. The van der Waals surface area contributed by atoms with E-state index in [9.17, 15) is 17.9 Å². The van der Waals surface area contributed by atoms with Crippen LogP contribution in [0.15, 0.2) is 53.4 Å². The summed E-state index contributed by atoms with van der Waals surface area (Å²) in [5, 5.41) is 9.63. The Morgan fingerprint density at radius 1 is 1.04 bits per heavy atom. The number of aryl methyl sites for hydroxylation is 1. The van der Waals surface area contributed by atoms with Crippen molar-refractivity contribution in [3.8, 4) is 5.75 Å². The largest absolute Gasteiger partial charge is 0.459 e. The second-order valence-corrected chi connectivity index (χ2v) is 6.63. The average Bonchev–Trinajstić information content (AvgIpc) is 2.53. The maximum atomic E-state index is 12.9. The van der Waals surface area contributed by atoms with Gasteiger partial charge >= 0.3 is 10.1 Å². The maximum Gasteiger partial charge on any atom is 0.323 e. The first-order valence-corrected chi connectivity index (χ1v) is 8.46. The molecule has 0 bridgehead atoms. The molecular weight excluding hydrogens is 339 g/mol. The minimum atomic E-state index is -4.18. The van der Waals surface area contributed by atoms with Gasteiger partial charge in [-0.15, -0.1) is 0 Å². The molecule has 0 fully saturated rings. The molecule has 1 N–H and O–H groups in total. The highest BCUT2D eigenvalue weighted by atomic mass is 32.2. The smallest absolute Gasteiger partial charge is 0.323 e. The van der Waals surface area contributed by atoms with Gasteiger partial charge in [0.15, 0.2) is 0 Å². The molecule has 2 rings (SSSR count). The van der Waals surface area contributed by atoms with Crippen LogP contribution in [0.4, 0.5) is 4.39 Å². The number of hydrogen-bond acceptors (Lipinski definition) is 6. The zero-order valence-corrected chi connectivity index (χ0v) is 13.9. The van der Waals surface area contributed by atoms with Gasteiger partial charge in [-0.3, -0.25) is 0 Å². The third-order valence-electron chi connectivity index (χ3n) is 2.99. The zero-order chi connectivity index (χ0) is 17.7. The van der Waals surface area contributed by atoms with Gasteiger partial charge in [-0.05, 0) is 50.2 Å². The van der Waals surface area contributed by atoms with Gasteiger partial charge in [0.1, 0.15) is 17.7 Å². The fourth-order valence-corrected chi connectivity index (χ4v) is 2.41. The van der Waals surface area contributed by atoms with Crippen LogP contribution in [0, 0.1) is 12.7 Å². The average molecular weight is 356 g/mol. The molecule has 0 aliphatic rings. The summed E-state index contributed by atoms with van der Waals surface area (Å²) in [5.74, 6) is -0.284. The lowest BCUT2D eigenvalue weighted by molar-refractivity contribution is -0.314. The number of aliphatic hydroxyl groups is 1. The molecule has 2 atom stereocenters. The Bertz CT molecular complexity index is 756. The number of hydrogen-bond donors (Lipinski definition) is 1. The van der Waals surface area contributed by atoms with E-state index in [1.54, 1.807) is 12.1 Å². The monoisotopic (exact) mass is 356 g/mol. The Morgan fingerprint density at radius 3 is 2.17 bits per heavy atom. The fourth-order valence-electron chi connectivity index (χ4n) is 1.68. The van der Waals surface area contributed by atoms with Crippen LogP contribution < -0.4 is 4.74 Å². The van der Waals surface area contributed by atoms with Crippen molar-refractivity contribution in [3.05, 3.63) is 59.9 Å². The number of halogens is 1. The third-order valence-corrected chi connectivity index (χ3v) is 4.10. The summed E-state index contributed by atoms with van der Waals surface area (Å²) in [4.78, 5) is 4.64. The van der Waals surface area contributed by atoms with Crippen LogP contribution in [0.1, 0.15) is 12.5 Å². The number of aliphatic hydroxyl groups excluding tert-OH is 1. The van der Waals surface area contributed by atoms with Crippen LogP contribution in [0.3, 0.4) is 0 Å².